The molecule has 0 spiro atoms. The van der Waals surface area contributed by atoms with Crippen molar-refractivity contribution in [1.82, 2.24) is 19.6 Å². The third-order valence-electron chi connectivity index (χ3n) is 2.97. The Labute approximate surface area is 118 Å². The van der Waals surface area contributed by atoms with Crippen molar-refractivity contribution in [3.05, 3.63) is 42.4 Å². The molecule has 0 aliphatic rings. The Morgan fingerprint density at radius 1 is 1.50 bits per heavy atom. The number of hydrogen-bond donors (Lipinski definition) is 2. The topological polar surface area (TPSA) is 89.2 Å². The molecule has 2 aromatic heterocycles. The molecule has 0 saturated carbocycles. The molecule has 0 aromatic carbocycles. The first-order valence-corrected chi connectivity index (χ1v) is 7.84. The molecule has 8 heteroatoms. The summed E-state index contributed by atoms with van der Waals surface area (Å²) >= 11 is 0. The zero-order valence-corrected chi connectivity index (χ0v) is 12.2. The molecule has 0 bridgehead atoms. The molecular formula is C12H18N4O3S. The number of aryl methyl sites for hydroxylation is 1. The number of rotatable bonds is 7. The molecule has 0 saturated heterocycles. The summed E-state index contributed by atoms with van der Waals surface area (Å²) in [6.07, 6.45) is 5.10. The molecule has 2 aromatic rings. The van der Waals surface area contributed by atoms with E-state index >= 15 is 0 Å². The van der Waals surface area contributed by atoms with Crippen molar-refractivity contribution in [1.29, 1.82) is 0 Å². The highest BCUT2D eigenvalue weighted by Crippen LogP contribution is 2.20. The number of nitrogens with one attached hydrogen (secondary N) is 2. The molecule has 2 rings (SSSR count). The van der Waals surface area contributed by atoms with Crippen LogP contribution in [0.4, 0.5) is 0 Å². The van der Waals surface area contributed by atoms with Gasteiger partial charge in [-0.25, -0.2) is 18.1 Å². The third-order valence-corrected chi connectivity index (χ3v) is 4.34. The Bertz CT molecular complexity index is 633. The number of nitrogens with zero attached hydrogens (tertiary/aromatic N) is 2. The minimum Gasteiger partial charge on any atom is -0.467 e. The fraction of sp³-hybridized carbons (Fsp3) is 0.417. The number of sulfonamides is 1. The van der Waals surface area contributed by atoms with E-state index < -0.39 is 10.0 Å². The molecule has 2 N–H and O–H groups in total. The lowest BCUT2D eigenvalue weighted by Gasteiger charge is -2.16. The van der Waals surface area contributed by atoms with Crippen LogP contribution in [0.5, 0.6) is 0 Å². The molecule has 2 heterocycles. The van der Waals surface area contributed by atoms with Gasteiger partial charge in [0.25, 0.3) is 0 Å². The first kappa shape index (κ1) is 14.8. The highest BCUT2D eigenvalue weighted by Gasteiger charge is 2.21. The molecule has 110 valence electrons. The van der Waals surface area contributed by atoms with Gasteiger partial charge in [0.05, 0.1) is 12.0 Å². The monoisotopic (exact) mass is 298 g/mol. The van der Waals surface area contributed by atoms with Gasteiger partial charge in [-0.3, -0.25) is 5.32 Å². The average Bonchev–Trinajstić information content (AvgIpc) is 3.06. The van der Waals surface area contributed by atoms with E-state index in [1.807, 2.05) is 23.9 Å². The van der Waals surface area contributed by atoms with Crippen LogP contribution in [-0.2, 0) is 17.1 Å². The van der Waals surface area contributed by atoms with E-state index in [0.717, 1.165) is 5.82 Å². The van der Waals surface area contributed by atoms with Crippen molar-refractivity contribution in [2.75, 3.05) is 19.3 Å². The third kappa shape index (κ3) is 3.47. The fourth-order valence-corrected chi connectivity index (χ4v) is 2.46. The van der Waals surface area contributed by atoms with Gasteiger partial charge in [-0.15, -0.1) is 0 Å². The Kier molecular flexibility index (Phi) is 4.58. The van der Waals surface area contributed by atoms with Gasteiger partial charge in [-0.2, -0.15) is 0 Å². The summed E-state index contributed by atoms with van der Waals surface area (Å²) < 4.78 is 32.4. The van der Waals surface area contributed by atoms with Crippen LogP contribution < -0.4 is 10.0 Å². The molecule has 20 heavy (non-hydrogen) atoms. The highest BCUT2D eigenvalue weighted by molar-refractivity contribution is 7.89. The second-order valence-corrected chi connectivity index (χ2v) is 6.37. The minimum atomic E-state index is -3.23. The zero-order valence-electron chi connectivity index (χ0n) is 11.4. The number of furan rings is 1. The summed E-state index contributed by atoms with van der Waals surface area (Å²) in [6.45, 7) is 0.293. The van der Waals surface area contributed by atoms with Crippen LogP contribution in [0, 0.1) is 0 Å². The van der Waals surface area contributed by atoms with Crippen LogP contribution in [0.15, 0.2) is 35.2 Å². The van der Waals surface area contributed by atoms with E-state index in [9.17, 15) is 8.42 Å². The molecule has 0 amide bonds. The maximum Gasteiger partial charge on any atom is 0.212 e. The second-order valence-electron chi connectivity index (χ2n) is 4.32. The number of hydrogen-bond acceptors (Lipinski definition) is 5. The van der Waals surface area contributed by atoms with Gasteiger partial charge in [0.1, 0.15) is 17.6 Å². The van der Waals surface area contributed by atoms with Crippen LogP contribution in [0.3, 0.4) is 0 Å². The predicted molar refractivity (Wildman–Crippen MR) is 74.6 cm³/mol. The largest absolute Gasteiger partial charge is 0.467 e. The van der Waals surface area contributed by atoms with Crippen molar-refractivity contribution < 1.29 is 12.8 Å². The predicted octanol–water partition coefficient (Wildman–Crippen LogP) is 0.241. The molecule has 1 atom stereocenters. The van der Waals surface area contributed by atoms with Crippen LogP contribution in [-0.4, -0.2) is 37.3 Å². The van der Waals surface area contributed by atoms with Gasteiger partial charge in [-0.05, 0) is 19.2 Å². The lowest BCUT2D eigenvalue weighted by Crippen LogP contribution is -2.33. The summed E-state index contributed by atoms with van der Waals surface area (Å²) in [7, 11) is 0.0469. The molecule has 0 radical (unpaired) electrons. The normalized spacial score (nSPS) is 13.5. The van der Waals surface area contributed by atoms with E-state index in [4.69, 9.17) is 4.42 Å². The first-order chi connectivity index (χ1) is 9.53. The van der Waals surface area contributed by atoms with Crippen LogP contribution in [0.2, 0.25) is 0 Å². The number of imidazole rings is 1. The van der Waals surface area contributed by atoms with Crippen LogP contribution in [0.1, 0.15) is 17.6 Å². The van der Waals surface area contributed by atoms with Crippen molar-refractivity contribution in [2.45, 2.75) is 6.04 Å². The lowest BCUT2D eigenvalue weighted by atomic mass is 10.2. The van der Waals surface area contributed by atoms with Crippen LogP contribution in [0.25, 0.3) is 0 Å². The van der Waals surface area contributed by atoms with E-state index in [2.05, 4.69) is 15.0 Å². The maximum absolute atomic E-state index is 11.4. The van der Waals surface area contributed by atoms with Gasteiger partial charge >= 0.3 is 0 Å². The highest BCUT2D eigenvalue weighted by atomic mass is 32.2. The zero-order chi connectivity index (χ0) is 14.6. The minimum absolute atomic E-state index is 0.00880. The van der Waals surface area contributed by atoms with E-state index in [1.54, 1.807) is 18.5 Å². The summed E-state index contributed by atoms with van der Waals surface area (Å²) in [5.74, 6) is 1.45. The molecule has 7 nitrogen and oxygen atoms in total. The smallest absolute Gasteiger partial charge is 0.212 e. The van der Waals surface area contributed by atoms with Gasteiger partial charge in [0, 0.05) is 26.0 Å². The average molecular weight is 298 g/mol. The summed E-state index contributed by atoms with van der Waals surface area (Å²) in [5, 5.41) is 3.16. The summed E-state index contributed by atoms with van der Waals surface area (Å²) in [5.41, 5.74) is 0. The van der Waals surface area contributed by atoms with Gasteiger partial charge < -0.3 is 8.98 Å². The second kappa shape index (κ2) is 6.21. The molecular weight excluding hydrogens is 280 g/mol. The van der Waals surface area contributed by atoms with Crippen molar-refractivity contribution in [2.24, 2.45) is 7.05 Å². The Morgan fingerprint density at radius 2 is 2.30 bits per heavy atom. The van der Waals surface area contributed by atoms with E-state index in [0.29, 0.717) is 12.3 Å². The van der Waals surface area contributed by atoms with E-state index in [-0.39, 0.29) is 11.8 Å². The van der Waals surface area contributed by atoms with Crippen molar-refractivity contribution >= 4 is 10.0 Å². The lowest BCUT2D eigenvalue weighted by molar-refractivity contribution is 0.435. The molecule has 1 unspecified atom stereocenters. The fourth-order valence-electron chi connectivity index (χ4n) is 1.87. The Balaban J connectivity index is 2.11. The van der Waals surface area contributed by atoms with Crippen molar-refractivity contribution in [3.63, 3.8) is 0 Å². The maximum atomic E-state index is 11.4. The molecule has 0 aliphatic heterocycles. The van der Waals surface area contributed by atoms with Gasteiger partial charge in [0.2, 0.25) is 10.0 Å². The standard InChI is InChI=1S/C12H18N4O3S/c1-13-20(17,18)9-6-14-11(10-4-3-8-19-10)12-15-5-7-16(12)2/h3-5,7-8,11,13-14H,6,9H2,1-2H3. The summed E-state index contributed by atoms with van der Waals surface area (Å²) in [4.78, 5) is 4.28. The first-order valence-electron chi connectivity index (χ1n) is 6.19. The molecule has 0 aliphatic carbocycles. The van der Waals surface area contributed by atoms with Gasteiger partial charge in [0.15, 0.2) is 0 Å². The SMILES string of the molecule is CNS(=O)(=O)CCNC(c1ccco1)c1nccn1C. The molecule has 0 fully saturated rings. The Hall–Kier alpha value is -1.64. The Morgan fingerprint density at radius 3 is 2.85 bits per heavy atom. The van der Waals surface area contributed by atoms with Crippen LogP contribution >= 0.6 is 0 Å². The summed E-state index contributed by atoms with van der Waals surface area (Å²) in [6, 6.07) is 3.34. The van der Waals surface area contributed by atoms with E-state index in [1.165, 1.54) is 7.05 Å². The van der Waals surface area contributed by atoms with Crippen molar-refractivity contribution in [3.8, 4) is 0 Å². The van der Waals surface area contributed by atoms with Gasteiger partial charge in [-0.1, -0.05) is 0 Å². The number of aromatic nitrogens is 2. The quantitative estimate of drug-likeness (QED) is 0.764.